The van der Waals surface area contributed by atoms with Crippen LogP contribution in [0, 0.1) is 35.5 Å². The lowest BCUT2D eigenvalue weighted by Crippen LogP contribution is -2.26. The highest BCUT2D eigenvalue weighted by molar-refractivity contribution is 5.86. The number of rotatable bonds is 6. The number of fused-ring (bicyclic) bond motifs is 5. The number of aliphatic hydroxyl groups is 1. The maximum Gasteiger partial charge on any atom is 0.333 e. The van der Waals surface area contributed by atoms with Crippen molar-refractivity contribution < 1.29 is 14.6 Å². The Balaban J connectivity index is 1.58. The van der Waals surface area contributed by atoms with Gasteiger partial charge in [-0.2, -0.15) is 0 Å². The maximum atomic E-state index is 11.5. The standard InChI is InChI=1S/C18H28O3/c1-11(2)18(20)21-9-7-12-10-16-13-4-3-5-14(13)17(12)15(16)6-8-19/h12-17,19H,1,3-10H2,2H3. The van der Waals surface area contributed by atoms with E-state index in [1.165, 1.54) is 25.7 Å². The van der Waals surface area contributed by atoms with E-state index in [1.54, 1.807) is 6.92 Å². The molecule has 0 saturated heterocycles. The van der Waals surface area contributed by atoms with Gasteiger partial charge in [-0.05, 0) is 74.5 Å². The fourth-order valence-electron chi connectivity index (χ4n) is 5.79. The minimum atomic E-state index is -0.260. The van der Waals surface area contributed by atoms with Crippen molar-refractivity contribution in [1.82, 2.24) is 0 Å². The number of carbonyl (C=O) groups is 1. The summed E-state index contributed by atoms with van der Waals surface area (Å²) < 4.78 is 5.29. The van der Waals surface area contributed by atoms with E-state index in [4.69, 9.17) is 4.74 Å². The Morgan fingerprint density at radius 2 is 2.00 bits per heavy atom. The second-order valence-electron chi connectivity index (χ2n) is 7.38. The lowest BCUT2D eigenvalue weighted by Gasteiger charge is -2.31. The molecule has 0 aromatic carbocycles. The van der Waals surface area contributed by atoms with E-state index in [0.29, 0.717) is 24.7 Å². The average Bonchev–Trinajstić information content (AvgIpc) is 3.10. The Morgan fingerprint density at radius 1 is 1.24 bits per heavy atom. The van der Waals surface area contributed by atoms with E-state index in [-0.39, 0.29) is 5.97 Å². The van der Waals surface area contributed by atoms with E-state index in [9.17, 15) is 9.90 Å². The summed E-state index contributed by atoms with van der Waals surface area (Å²) in [5.74, 6) is 4.59. The minimum absolute atomic E-state index is 0.260. The summed E-state index contributed by atoms with van der Waals surface area (Å²) in [5, 5.41) is 9.37. The Labute approximate surface area is 127 Å². The van der Waals surface area contributed by atoms with Crippen LogP contribution in [-0.4, -0.2) is 24.3 Å². The summed E-state index contributed by atoms with van der Waals surface area (Å²) in [6.07, 6.45) is 7.45. The number of hydrogen-bond acceptors (Lipinski definition) is 3. The van der Waals surface area contributed by atoms with Crippen molar-refractivity contribution in [2.45, 2.75) is 45.4 Å². The molecule has 0 heterocycles. The molecule has 1 N–H and O–H groups in total. The van der Waals surface area contributed by atoms with Gasteiger partial charge in [0, 0.05) is 12.2 Å². The van der Waals surface area contributed by atoms with E-state index >= 15 is 0 Å². The van der Waals surface area contributed by atoms with Crippen LogP contribution in [0.15, 0.2) is 12.2 Å². The van der Waals surface area contributed by atoms with E-state index in [2.05, 4.69) is 6.58 Å². The molecule has 118 valence electrons. The van der Waals surface area contributed by atoms with E-state index < -0.39 is 0 Å². The molecule has 0 aromatic rings. The first-order chi connectivity index (χ1) is 10.1. The van der Waals surface area contributed by atoms with Gasteiger partial charge in [-0.3, -0.25) is 0 Å². The van der Waals surface area contributed by atoms with Gasteiger partial charge in [0.1, 0.15) is 0 Å². The summed E-state index contributed by atoms with van der Waals surface area (Å²) in [6.45, 7) is 6.17. The van der Waals surface area contributed by atoms with Gasteiger partial charge in [0.15, 0.2) is 0 Å². The van der Waals surface area contributed by atoms with Crippen LogP contribution in [0.5, 0.6) is 0 Å². The first-order valence-electron chi connectivity index (χ1n) is 8.57. The van der Waals surface area contributed by atoms with Crippen molar-refractivity contribution in [2.75, 3.05) is 13.2 Å². The van der Waals surface area contributed by atoms with Crippen LogP contribution in [-0.2, 0) is 9.53 Å². The lowest BCUT2D eigenvalue weighted by atomic mass is 9.74. The molecule has 0 radical (unpaired) electrons. The molecule has 2 bridgehead atoms. The Morgan fingerprint density at radius 3 is 2.71 bits per heavy atom. The normalized spacial score (nSPS) is 40.3. The molecule has 3 fully saturated rings. The fraction of sp³-hybridized carbons (Fsp3) is 0.833. The van der Waals surface area contributed by atoms with Crippen molar-refractivity contribution in [3.63, 3.8) is 0 Å². The molecule has 3 saturated carbocycles. The third-order valence-electron chi connectivity index (χ3n) is 6.37. The Hall–Kier alpha value is -0.830. The van der Waals surface area contributed by atoms with Crippen LogP contribution in [0.3, 0.4) is 0 Å². The first-order valence-corrected chi connectivity index (χ1v) is 8.57. The highest BCUT2D eigenvalue weighted by Gasteiger charge is 2.58. The second kappa shape index (κ2) is 6.12. The summed E-state index contributed by atoms with van der Waals surface area (Å²) in [4.78, 5) is 11.5. The molecule has 6 atom stereocenters. The monoisotopic (exact) mass is 292 g/mol. The van der Waals surface area contributed by atoms with Gasteiger partial charge in [-0.1, -0.05) is 13.0 Å². The number of ether oxygens (including phenoxy) is 1. The quantitative estimate of drug-likeness (QED) is 0.604. The van der Waals surface area contributed by atoms with Crippen LogP contribution in [0.1, 0.15) is 45.4 Å². The van der Waals surface area contributed by atoms with Gasteiger partial charge in [0.25, 0.3) is 0 Å². The number of carbonyl (C=O) groups excluding carboxylic acids is 1. The molecule has 0 amide bonds. The molecule has 21 heavy (non-hydrogen) atoms. The molecule has 0 aliphatic heterocycles. The number of aliphatic hydroxyl groups excluding tert-OH is 1. The van der Waals surface area contributed by atoms with Gasteiger partial charge in [0.2, 0.25) is 0 Å². The van der Waals surface area contributed by atoms with Crippen molar-refractivity contribution in [1.29, 1.82) is 0 Å². The molecule has 3 aliphatic carbocycles. The summed E-state index contributed by atoms with van der Waals surface area (Å²) in [5.41, 5.74) is 0.483. The number of hydrogen-bond donors (Lipinski definition) is 1. The van der Waals surface area contributed by atoms with E-state index in [1.807, 2.05) is 0 Å². The summed E-state index contributed by atoms with van der Waals surface area (Å²) >= 11 is 0. The highest BCUT2D eigenvalue weighted by atomic mass is 16.5. The van der Waals surface area contributed by atoms with Crippen LogP contribution in [0.25, 0.3) is 0 Å². The molecule has 3 nitrogen and oxygen atoms in total. The zero-order valence-electron chi connectivity index (χ0n) is 13.1. The largest absolute Gasteiger partial charge is 0.462 e. The fourth-order valence-corrected chi connectivity index (χ4v) is 5.79. The Kier molecular flexibility index (Phi) is 4.39. The molecule has 3 heteroatoms. The SMILES string of the molecule is C=C(C)C(=O)OCCC1CC2C3CCCC3C1C2CCO. The lowest BCUT2D eigenvalue weighted by molar-refractivity contribution is -0.139. The smallest absolute Gasteiger partial charge is 0.333 e. The van der Waals surface area contributed by atoms with Gasteiger partial charge >= 0.3 is 5.97 Å². The van der Waals surface area contributed by atoms with Crippen molar-refractivity contribution in [2.24, 2.45) is 35.5 Å². The third kappa shape index (κ3) is 2.65. The van der Waals surface area contributed by atoms with Crippen LogP contribution in [0.4, 0.5) is 0 Å². The van der Waals surface area contributed by atoms with Crippen LogP contribution in [0.2, 0.25) is 0 Å². The molecule has 3 rings (SSSR count). The van der Waals surface area contributed by atoms with Crippen molar-refractivity contribution >= 4 is 5.97 Å². The van der Waals surface area contributed by atoms with E-state index in [0.717, 1.165) is 42.4 Å². The van der Waals surface area contributed by atoms with Gasteiger partial charge in [-0.25, -0.2) is 4.79 Å². The number of esters is 1. The zero-order chi connectivity index (χ0) is 15.0. The highest BCUT2D eigenvalue weighted by Crippen LogP contribution is 2.65. The van der Waals surface area contributed by atoms with Gasteiger partial charge < -0.3 is 9.84 Å². The molecule has 0 aromatic heterocycles. The van der Waals surface area contributed by atoms with Crippen molar-refractivity contribution in [3.05, 3.63) is 12.2 Å². The molecule has 3 aliphatic rings. The molecular formula is C18H28O3. The summed E-state index contributed by atoms with van der Waals surface area (Å²) in [7, 11) is 0. The molecule has 6 unspecified atom stereocenters. The second-order valence-corrected chi connectivity index (χ2v) is 7.38. The summed E-state index contributed by atoms with van der Waals surface area (Å²) in [6, 6.07) is 0. The zero-order valence-corrected chi connectivity index (χ0v) is 13.1. The van der Waals surface area contributed by atoms with Crippen LogP contribution >= 0.6 is 0 Å². The first kappa shape index (κ1) is 15.1. The molecule has 0 spiro atoms. The predicted molar refractivity (Wildman–Crippen MR) is 81.5 cm³/mol. The van der Waals surface area contributed by atoms with Crippen molar-refractivity contribution in [3.8, 4) is 0 Å². The average molecular weight is 292 g/mol. The molecular weight excluding hydrogens is 264 g/mol. The topological polar surface area (TPSA) is 46.5 Å². The minimum Gasteiger partial charge on any atom is -0.462 e. The Bertz CT molecular complexity index is 417. The van der Waals surface area contributed by atoms with Crippen LogP contribution < -0.4 is 0 Å². The third-order valence-corrected chi connectivity index (χ3v) is 6.37. The predicted octanol–water partition coefficient (Wildman–Crippen LogP) is 3.18. The van der Waals surface area contributed by atoms with Gasteiger partial charge in [0.05, 0.1) is 6.61 Å². The maximum absolute atomic E-state index is 11.5. The van der Waals surface area contributed by atoms with Gasteiger partial charge in [-0.15, -0.1) is 0 Å².